The van der Waals surface area contributed by atoms with Gasteiger partial charge in [0.05, 0.1) is 26.4 Å². The highest BCUT2D eigenvalue weighted by Gasteiger charge is 2.30. The van der Waals surface area contributed by atoms with Crippen LogP contribution in [0.25, 0.3) is 0 Å². The van der Waals surface area contributed by atoms with Gasteiger partial charge >= 0.3 is 39.5 Å². The maximum atomic E-state index is 13.1. The summed E-state index contributed by atoms with van der Waals surface area (Å²) in [5, 5.41) is 10.6. The molecule has 0 saturated carbocycles. The smallest absolute Gasteiger partial charge is 0.462 e. The van der Waals surface area contributed by atoms with Crippen LogP contribution < -0.4 is 0 Å². The number of aliphatic hydroxyl groups excluding tert-OH is 1. The molecule has 0 rings (SSSR count). The van der Waals surface area contributed by atoms with Crippen LogP contribution in [0.4, 0.5) is 0 Å². The van der Waals surface area contributed by atoms with Gasteiger partial charge in [-0.05, 0) is 31.6 Å². The molecule has 0 aromatic rings. The van der Waals surface area contributed by atoms with Crippen molar-refractivity contribution in [3.63, 3.8) is 0 Å². The second-order valence-corrected chi connectivity index (χ2v) is 30.8. The monoisotopic (exact) mass is 1400 g/mol. The molecular weight excluding hydrogens is 1250 g/mol. The van der Waals surface area contributed by atoms with Crippen LogP contribution in [0.3, 0.4) is 0 Å². The number of hydrogen-bond acceptors (Lipinski definition) is 15. The maximum Gasteiger partial charge on any atom is 0.472 e. The lowest BCUT2D eigenvalue weighted by atomic mass is 10.0. The van der Waals surface area contributed by atoms with Crippen molar-refractivity contribution in [2.75, 3.05) is 39.6 Å². The largest absolute Gasteiger partial charge is 0.472 e. The van der Waals surface area contributed by atoms with Gasteiger partial charge in [0.15, 0.2) is 12.2 Å². The van der Waals surface area contributed by atoms with Crippen LogP contribution in [0, 0.1) is 5.92 Å². The first-order chi connectivity index (χ1) is 46.0. The second kappa shape index (κ2) is 69.2. The molecule has 5 atom stereocenters. The first-order valence-electron chi connectivity index (χ1n) is 39.6. The molecule has 0 aliphatic heterocycles. The third-order valence-corrected chi connectivity index (χ3v) is 19.7. The molecule has 0 bridgehead atoms. The normalized spacial score (nSPS) is 13.9. The van der Waals surface area contributed by atoms with Crippen molar-refractivity contribution < 1.29 is 80.2 Å². The first kappa shape index (κ1) is 93.1. The van der Waals surface area contributed by atoms with Crippen molar-refractivity contribution in [3.8, 4) is 0 Å². The zero-order valence-corrected chi connectivity index (χ0v) is 63.6. The molecule has 0 radical (unpaired) electrons. The van der Waals surface area contributed by atoms with E-state index in [-0.39, 0.29) is 25.7 Å². The number of carbonyl (C=O) groups is 4. The van der Waals surface area contributed by atoms with Crippen molar-refractivity contribution in [1.82, 2.24) is 0 Å². The minimum Gasteiger partial charge on any atom is -0.462 e. The summed E-state index contributed by atoms with van der Waals surface area (Å²) in [4.78, 5) is 72.8. The minimum absolute atomic E-state index is 0.106. The van der Waals surface area contributed by atoms with Gasteiger partial charge in [-0.25, -0.2) is 9.13 Å². The number of phosphoric acid groups is 2. The van der Waals surface area contributed by atoms with Crippen LogP contribution >= 0.6 is 15.6 Å². The summed E-state index contributed by atoms with van der Waals surface area (Å²) in [6, 6.07) is 0. The highest BCUT2D eigenvalue weighted by atomic mass is 31.2. The van der Waals surface area contributed by atoms with Crippen molar-refractivity contribution in [3.05, 3.63) is 0 Å². The van der Waals surface area contributed by atoms with Crippen LogP contribution in [0.5, 0.6) is 0 Å². The molecule has 0 aliphatic rings. The highest BCUT2D eigenvalue weighted by Crippen LogP contribution is 2.45. The third kappa shape index (κ3) is 70.3. The average molecular weight is 1400 g/mol. The van der Waals surface area contributed by atoms with Gasteiger partial charge in [-0.2, -0.15) is 0 Å². The van der Waals surface area contributed by atoms with E-state index < -0.39 is 97.5 Å². The Kier molecular flexibility index (Phi) is 67.7. The van der Waals surface area contributed by atoms with Gasteiger partial charge in [0.25, 0.3) is 0 Å². The van der Waals surface area contributed by atoms with Crippen LogP contribution in [-0.2, 0) is 65.4 Å². The van der Waals surface area contributed by atoms with Gasteiger partial charge in [0, 0.05) is 25.7 Å². The van der Waals surface area contributed by atoms with E-state index in [9.17, 15) is 43.2 Å². The van der Waals surface area contributed by atoms with Gasteiger partial charge in [0.1, 0.15) is 19.3 Å². The van der Waals surface area contributed by atoms with Crippen molar-refractivity contribution in [2.24, 2.45) is 5.92 Å². The number of hydrogen-bond donors (Lipinski definition) is 3. The molecule has 3 N–H and O–H groups in total. The summed E-state index contributed by atoms with van der Waals surface area (Å²) in [6.07, 6.45) is 58.3. The minimum atomic E-state index is -4.96. The summed E-state index contributed by atoms with van der Waals surface area (Å²) < 4.78 is 68.5. The zero-order valence-electron chi connectivity index (χ0n) is 61.8. The molecule has 2 unspecified atom stereocenters. The van der Waals surface area contributed by atoms with Crippen molar-refractivity contribution >= 4 is 39.5 Å². The van der Waals surface area contributed by atoms with Crippen LogP contribution in [-0.4, -0.2) is 96.7 Å². The first-order valence-corrected chi connectivity index (χ1v) is 42.6. The van der Waals surface area contributed by atoms with Gasteiger partial charge in [0.2, 0.25) is 0 Å². The highest BCUT2D eigenvalue weighted by molar-refractivity contribution is 7.47. The molecule has 564 valence electrons. The SMILES string of the molecule is CCCCCCCCCCCCCCCCCCCC(=O)OC[C@H](COP(=O)(O)OC[C@@H](O)COP(=O)(O)OC[C@@H](COC(=O)CCCCCCCCCCC)OC(=O)CCCCCCCCCCCC(C)C)OC(=O)CCCCCCCCCCCCCCCCCCC. The summed E-state index contributed by atoms with van der Waals surface area (Å²) in [6.45, 7) is 7.26. The Labute approximate surface area is 581 Å². The molecule has 0 aromatic heterocycles. The Balaban J connectivity index is 5.22. The number of phosphoric ester groups is 2. The maximum absolute atomic E-state index is 13.1. The predicted molar refractivity (Wildman–Crippen MR) is 386 cm³/mol. The lowest BCUT2D eigenvalue weighted by molar-refractivity contribution is -0.161. The van der Waals surface area contributed by atoms with Gasteiger partial charge < -0.3 is 33.8 Å². The number of carbonyl (C=O) groups excluding carboxylic acids is 4. The van der Waals surface area contributed by atoms with Crippen LogP contribution in [0.15, 0.2) is 0 Å². The lowest BCUT2D eigenvalue weighted by Gasteiger charge is -2.21. The Morgan fingerprint density at radius 2 is 0.484 bits per heavy atom. The summed E-state index contributed by atoms with van der Waals surface area (Å²) in [5.74, 6) is -1.38. The summed E-state index contributed by atoms with van der Waals surface area (Å²) >= 11 is 0. The van der Waals surface area contributed by atoms with E-state index in [0.717, 1.165) is 95.8 Å². The lowest BCUT2D eigenvalue weighted by Crippen LogP contribution is -2.30. The molecule has 0 saturated heterocycles. The van der Waals surface area contributed by atoms with Gasteiger partial charge in [-0.1, -0.05) is 349 Å². The van der Waals surface area contributed by atoms with E-state index in [1.807, 2.05) is 0 Å². The predicted octanol–water partition coefficient (Wildman–Crippen LogP) is 22.5. The Hall–Kier alpha value is -1.94. The fourth-order valence-electron chi connectivity index (χ4n) is 11.7. The fraction of sp³-hybridized carbons (Fsp3) is 0.947. The Morgan fingerprint density at radius 1 is 0.284 bits per heavy atom. The third-order valence-electron chi connectivity index (χ3n) is 17.8. The molecule has 0 amide bonds. The summed E-state index contributed by atoms with van der Waals surface area (Å²) in [7, 11) is -9.91. The van der Waals surface area contributed by atoms with Crippen molar-refractivity contribution in [1.29, 1.82) is 0 Å². The number of esters is 4. The molecule has 17 nitrogen and oxygen atoms in total. The van der Waals surface area contributed by atoms with Gasteiger partial charge in [-0.15, -0.1) is 0 Å². The number of rotatable bonds is 76. The zero-order chi connectivity index (χ0) is 69.8. The molecule has 0 spiro atoms. The molecule has 0 aromatic carbocycles. The topological polar surface area (TPSA) is 237 Å². The molecule has 0 heterocycles. The Morgan fingerprint density at radius 3 is 0.716 bits per heavy atom. The van der Waals surface area contributed by atoms with Gasteiger partial charge in [-0.3, -0.25) is 37.3 Å². The van der Waals surface area contributed by atoms with Crippen molar-refractivity contribution in [2.45, 2.75) is 419 Å². The van der Waals surface area contributed by atoms with E-state index in [4.69, 9.17) is 37.0 Å². The molecule has 19 heteroatoms. The van der Waals surface area contributed by atoms with E-state index in [1.54, 1.807) is 0 Å². The molecule has 0 fully saturated rings. The van der Waals surface area contributed by atoms with E-state index in [0.29, 0.717) is 25.7 Å². The van der Waals surface area contributed by atoms with E-state index in [2.05, 4.69) is 34.6 Å². The number of ether oxygens (including phenoxy) is 4. The second-order valence-electron chi connectivity index (χ2n) is 27.9. The van der Waals surface area contributed by atoms with Crippen LogP contribution in [0.2, 0.25) is 0 Å². The summed E-state index contributed by atoms with van der Waals surface area (Å²) in [5.41, 5.74) is 0. The Bertz CT molecular complexity index is 1820. The number of aliphatic hydroxyl groups is 1. The van der Waals surface area contributed by atoms with E-state index in [1.165, 1.54) is 225 Å². The molecule has 0 aliphatic carbocycles. The van der Waals surface area contributed by atoms with Crippen LogP contribution in [0.1, 0.15) is 401 Å². The molecular formula is C76H148O17P2. The van der Waals surface area contributed by atoms with E-state index >= 15 is 0 Å². The molecule has 95 heavy (non-hydrogen) atoms. The fourth-order valence-corrected chi connectivity index (χ4v) is 13.3. The number of unbranched alkanes of at least 4 members (excludes halogenated alkanes) is 48. The average Bonchev–Trinajstić information content (AvgIpc) is 1.78. The standard InChI is InChI=1S/C76H148O17P2/c1-6-9-12-15-18-21-23-25-27-29-31-33-35-40-45-50-55-60-74(79)87-66-72(92-75(80)61-56-51-46-41-36-34-32-30-28-26-24-22-19-16-13-10-7-2)68-91-95(84,85)89-64-70(77)63-88-94(82,83)90-67-71(65-86-73(78)59-54-49-44-38-20-17-14-11-8-3)93-76(81)62-57-52-47-42-37-39-43-48-53-58-69(4)5/h69-72,77H,6-68H2,1-5H3,(H,82,83)(H,84,85)/t70-,71+,72+/m0/s1. The quantitative estimate of drug-likeness (QED) is 0.0222.